The molecule has 0 atom stereocenters. The zero-order valence-corrected chi connectivity index (χ0v) is 22.4. The van der Waals surface area contributed by atoms with E-state index in [9.17, 15) is 0 Å². The number of halogens is 2. The minimum Gasteiger partial charge on any atom is -0.480 e. The van der Waals surface area contributed by atoms with Gasteiger partial charge in [-0.25, -0.2) is 9.97 Å². The van der Waals surface area contributed by atoms with Gasteiger partial charge in [0.15, 0.2) is 11.9 Å². The van der Waals surface area contributed by atoms with Crippen LogP contribution in [-0.4, -0.2) is 65.1 Å². The summed E-state index contributed by atoms with van der Waals surface area (Å²) in [5.74, 6) is 2.08. The van der Waals surface area contributed by atoms with Crippen LogP contribution in [0.2, 0.25) is 0 Å². The highest BCUT2D eigenvalue weighted by Gasteiger charge is 2.12. The molecule has 0 amide bonds. The zero-order chi connectivity index (χ0) is 24.9. The van der Waals surface area contributed by atoms with Gasteiger partial charge in [0, 0.05) is 25.5 Å². The quantitative estimate of drug-likeness (QED) is 0.274. The Morgan fingerprint density at radius 3 is 1.94 bits per heavy atom. The standard InChI is InChI=1S/C12H12BrN5O.C11H10BrN5/c1-19-9-6-16-11-8(17-9)3-2-7(10(11)13)18-12-14-4-5-15-12;12-9-7(17-11-15-5-6-16-11)1-2-8-10(9)14-4-3-13-8/h2-3,6H,4-5H2,1H3,(H2,14,15,18);1-4H,5-6H2,(H2,15,16,17). The third-order valence-electron chi connectivity index (χ3n) is 5.27. The van der Waals surface area contributed by atoms with Crippen molar-refractivity contribution in [3.05, 3.63) is 51.8 Å². The molecule has 0 aliphatic carbocycles. The van der Waals surface area contributed by atoms with Crippen LogP contribution in [-0.2, 0) is 0 Å². The van der Waals surface area contributed by atoms with Crippen molar-refractivity contribution in [3.8, 4) is 5.88 Å². The van der Waals surface area contributed by atoms with Crippen LogP contribution in [0.3, 0.4) is 0 Å². The van der Waals surface area contributed by atoms with Gasteiger partial charge in [0.1, 0.15) is 11.0 Å². The minimum atomic E-state index is 0.502. The van der Waals surface area contributed by atoms with Gasteiger partial charge >= 0.3 is 0 Å². The summed E-state index contributed by atoms with van der Waals surface area (Å²) in [6, 6.07) is 7.73. The molecule has 36 heavy (non-hydrogen) atoms. The van der Waals surface area contributed by atoms with E-state index >= 15 is 0 Å². The van der Waals surface area contributed by atoms with Crippen molar-refractivity contribution in [1.82, 2.24) is 30.6 Å². The number of aliphatic imine (C=N–C) groups is 2. The van der Waals surface area contributed by atoms with E-state index in [1.165, 1.54) is 0 Å². The Hall–Kier alpha value is -3.58. The van der Waals surface area contributed by atoms with Gasteiger partial charge in [-0.05, 0) is 56.1 Å². The number of aromatic nitrogens is 4. The number of rotatable bonds is 3. The Balaban J connectivity index is 0.000000149. The van der Waals surface area contributed by atoms with Crippen LogP contribution in [0.4, 0.5) is 11.4 Å². The first kappa shape index (κ1) is 24.1. The lowest BCUT2D eigenvalue weighted by Crippen LogP contribution is -2.26. The van der Waals surface area contributed by atoms with Crippen molar-refractivity contribution >= 4 is 77.2 Å². The minimum absolute atomic E-state index is 0.502. The van der Waals surface area contributed by atoms with Gasteiger partial charge in [0.25, 0.3) is 0 Å². The maximum Gasteiger partial charge on any atom is 0.232 e. The number of ether oxygens (including phenoxy) is 1. The fraction of sp³-hybridized carbons (Fsp3) is 0.217. The fourth-order valence-corrected chi connectivity index (χ4v) is 4.62. The highest BCUT2D eigenvalue weighted by atomic mass is 79.9. The molecule has 184 valence electrons. The predicted molar refractivity (Wildman–Crippen MR) is 149 cm³/mol. The monoisotopic (exact) mass is 612 g/mol. The van der Waals surface area contributed by atoms with E-state index in [1.807, 2.05) is 24.3 Å². The summed E-state index contributed by atoms with van der Waals surface area (Å²) >= 11 is 7.09. The number of hydrogen-bond donors (Lipinski definition) is 4. The zero-order valence-electron chi connectivity index (χ0n) is 19.2. The predicted octanol–water partition coefficient (Wildman–Crippen LogP) is 3.54. The fourth-order valence-electron chi connectivity index (χ4n) is 3.55. The van der Waals surface area contributed by atoms with Crippen LogP contribution in [0.5, 0.6) is 5.88 Å². The molecule has 2 aliphatic rings. The van der Waals surface area contributed by atoms with Crippen molar-refractivity contribution in [2.24, 2.45) is 9.98 Å². The number of nitrogens with zero attached hydrogens (tertiary/aromatic N) is 6. The molecule has 6 rings (SSSR count). The molecule has 0 radical (unpaired) electrons. The third kappa shape index (κ3) is 5.31. The van der Waals surface area contributed by atoms with Crippen LogP contribution in [0.1, 0.15) is 0 Å². The Bertz CT molecular complexity index is 1480. The molecule has 0 saturated heterocycles. The SMILES string of the molecule is Brc1c(NC2=NCCN2)ccc2nccnc12.COc1cnc2c(Br)c(NC3=NCCN3)ccc2n1. The molecular weight excluding hydrogens is 592 g/mol. The van der Waals surface area contributed by atoms with E-state index < -0.39 is 0 Å². The van der Waals surface area contributed by atoms with Gasteiger partial charge in [-0.1, -0.05) is 0 Å². The molecule has 0 bridgehead atoms. The molecule has 2 aromatic carbocycles. The lowest BCUT2D eigenvalue weighted by molar-refractivity contribution is 0.397. The first-order chi connectivity index (χ1) is 17.6. The molecule has 0 unspecified atom stereocenters. The number of nitrogens with one attached hydrogen (secondary N) is 4. The van der Waals surface area contributed by atoms with Crippen molar-refractivity contribution in [1.29, 1.82) is 0 Å². The number of fused-ring (bicyclic) bond motifs is 2. The Kier molecular flexibility index (Phi) is 7.37. The summed E-state index contributed by atoms with van der Waals surface area (Å²) in [6.07, 6.45) is 4.97. The second kappa shape index (κ2) is 11.0. The maximum atomic E-state index is 5.07. The van der Waals surface area contributed by atoms with E-state index in [2.05, 4.69) is 83.0 Å². The summed E-state index contributed by atoms with van der Waals surface area (Å²) < 4.78 is 6.83. The van der Waals surface area contributed by atoms with E-state index in [0.717, 1.165) is 80.5 Å². The highest BCUT2D eigenvalue weighted by molar-refractivity contribution is 9.11. The Morgan fingerprint density at radius 2 is 1.36 bits per heavy atom. The van der Waals surface area contributed by atoms with Gasteiger partial charge in [-0.2, -0.15) is 0 Å². The van der Waals surface area contributed by atoms with Crippen molar-refractivity contribution < 1.29 is 4.74 Å². The van der Waals surface area contributed by atoms with Crippen LogP contribution in [0, 0.1) is 0 Å². The lowest BCUT2D eigenvalue weighted by Gasteiger charge is -2.10. The lowest BCUT2D eigenvalue weighted by atomic mass is 10.2. The van der Waals surface area contributed by atoms with Crippen LogP contribution in [0.25, 0.3) is 22.1 Å². The molecule has 4 N–H and O–H groups in total. The topological polar surface area (TPSA) is 134 Å². The van der Waals surface area contributed by atoms with E-state index in [0.29, 0.717) is 5.88 Å². The first-order valence-electron chi connectivity index (χ1n) is 11.1. The second-order valence-electron chi connectivity index (χ2n) is 7.62. The van der Waals surface area contributed by atoms with Gasteiger partial charge < -0.3 is 26.0 Å². The Labute approximate surface area is 223 Å². The Morgan fingerprint density at radius 1 is 0.778 bits per heavy atom. The second-order valence-corrected chi connectivity index (χ2v) is 9.21. The van der Waals surface area contributed by atoms with Crippen molar-refractivity contribution in [2.45, 2.75) is 0 Å². The van der Waals surface area contributed by atoms with E-state index in [1.54, 1.807) is 25.7 Å². The third-order valence-corrected chi connectivity index (χ3v) is 6.88. The van der Waals surface area contributed by atoms with Gasteiger partial charge in [-0.15, -0.1) is 0 Å². The molecular formula is C23H22Br2N10O. The molecule has 0 fully saturated rings. The molecule has 0 saturated carbocycles. The number of benzene rings is 2. The smallest absolute Gasteiger partial charge is 0.232 e. The number of methoxy groups -OCH3 is 1. The van der Waals surface area contributed by atoms with Gasteiger partial charge in [0.2, 0.25) is 5.88 Å². The first-order valence-corrected chi connectivity index (χ1v) is 12.7. The van der Waals surface area contributed by atoms with Gasteiger partial charge in [0.05, 0.1) is 57.7 Å². The average molecular weight is 614 g/mol. The average Bonchev–Trinajstić information content (AvgIpc) is 3.62. The summed E-state index contributed by atoms with van der Waals surface area (Å²) in [5.41, 5.74) is 5.11. The van der Waals surface area contributed by atoms with Crippen molar-refractivity contribution in [2.75, 3.05) is 43.9 Å². The molecule has 2 aromatic heterocycles. The highest BCUT2D eigenvalue weighted by Crippen LogP contribution is 2.30. The molecule has 11 nitrogen and oxygen atoms in total. The van der Waals surface area contributed by atoms with Crippen LogP contribution < -0.4 is 26.0 Å². The van der Waals surface area contributed by atoms with Crippen LogP contribution in [0.15, 0.2) is 61.8 Å². The molecule has 0 spiro atoms. The molecule has 13 heteroatoms. The number of anilines is 2. The van der Waals surface area contributed by atoms with E-state index in [4.69, 9.17) is 4.74 Å². The summed E-state index contributed by atoms with van der Waals surface area (Å²) in [5, 5.41) is 12.8. The summed E-state index contributed by atoms with van der Waals surface area (Å²) in [4.78, 5) is 25.8. The normalized spacial score (nSPS) is 14.3. The molecule has 4 aromatic rings. The summed E-state index contributed by atoms with van der Waals surface area (Å²) in [6.45, 7) is 3.36. The largest absolute Gasteiger partial charge is 0.480 e. The van der Waals surface area contributed by atoms with Gasteiger partial charge in [-0.3, -0.25) is 20.0 Å². The van der Waals surface area contributed by atoms with Crippen molar-refractivity contribution in [3.63, 3.8) is 0 Å². The van der Waals surface area contributed by atoms with Crippen LogP contribution >= 0.6 is 31.9 Å². The van der Waals surface area contributed by atoms with E-state index in [-0.39, 0.29) is 0 Å². The number of guanidine groups is 2. The number of hydrogen-bond acceptors (Lipinski definition) is 11. The molecule has 2 aliphatic heterocycles. The molecule has 4 heterocycles. The summed E-state index contributed by atoms with van der Waals surface area (Å²) in [7, 11) is 1.57. The maximum absolute atomic E-state index is 5.07.